The number of rotatable bonds is 4. The maximum atomic E-state index is 10.9. The van der Waals surface area contributed by atoms with E-state index in [0.29, 0.717) is 21.7 Å². The van der Waals surface area contributed by atoms with Crippen LogP contribution in [0.2, 0.25) is 10.0 Å². The lowest BCUT2D eigenvalue weighted by Crippen LogP contribution is -2.37. The Labute approximate surface area is 150 Å². The summed E-state index contributed by atoms with van der Waals surface area (Å²) in [4.78, 5) is 17.0. The molecule has 0 amide bonds. The fourth-order valence-electron chi connectivity index (χ4n) is 3.25. The van der Waals surface area contributed by atoms with Crippen LogP contribution in [0.3, 0.4) is 0 Å². The van der Waals surface area contributed by atoms with Crippen molar-refractivity contribution in [1.82, 2.24) is 9.55 Å². The summed E-state index contributed by atoms with van der Waals surface area (Å²) in [6, 6.07) is 2.73. The third-order valence-corrected chi connectivity index (χ3v) is 5.02. The molecule has 1 saturated heterocycles. The lowest BCUT2D eigenvalue weighted by Gasteiger charge is -2.35. The summed E-state index contributed by atoms with van der Waals surface area (Å²) in [5.41, 5.74) is 0.601. The third-order valence-electron chi connectivity index (χ3n) is 4.44. The number of aromatic nitrogens is 2. The van der Waals surface area contributed by atoms with Crippen molar-refractivity contribution in [2.24, 2.45) is 13.0 Å². The Morgan fingerprint density at radius 3 is 2.67 bits per heavy atom. The van der Waals surface area contributed by atoms with Crippen molar-refractivity contribution >= 4 is 34.6 Å². The molecular weight excluding hydrogens is 351 g/mol. The van der Waals surface area contributed by atoms with Crippen LogP contribution in [-0.2, 0) is 13.5 Å². The van der Waals surface area contributed by atoms with Gasteiger partial charge in [-0.1, -0.05) is 23.2 Å². The summed E-state index contributed by atoms with van der Waals surface area (Å²) in [7, 11) is 1.99. The number of aryl methyl sites for hydroxylation is 1. The predicted molar refractivity (Wildman–Crippen MR) is 95.0 cm³/mol. The monoisotopic (exact) mass is 368 g/mol. The second-order valence-electron chi connectivity index (χ2n) is 6.13. The number of benzene rings is 1. The number of nitro benzene ring substituents is 1. The van der Waals surface area contributed by atoms with Crippen molar-refractivity contribution in [1.29, 1.82) is 0 Å². The number of anilines is 1. The van der Waals surface area contributed by atoms with Crippen LogP contribution in [0.15, 0.2) is 24.5 Å². The molecule has 2 heterocycles. The molecule has 0 bridgehead atoms. The van der Waals surface area contributed by atoms with Gasteiger partial charge in [-0.25, -0.2) is 4.98 Å². The number of nitro groups is 1. The molecule has 1 aliphatic rings. The number of imidazole rings is 1. The maximum absolute atomic E-state index is 10.9. The van der Waals surface area contributed by atoms with E-state index >= 15 is 0 Å². The second-order valence-corrected chi connectivity index (χ2v) is 6.94. The standard InChI is InChI=1S/C16H18Cl2N4O2/c1-20-6-4-19-15(20)7-11-3-2-5-21(10-11)16-13(17)8-12(22(23)24)9-14(16)18/h4,6,8-9,11H,2-3,5,7,10H2,1H3. The first-order valence-corrected chi connectivity index (χ1v) is 8.56. The van der Waals surface area contributed by atoms with Crippen LogP contribution in [-0.4, -0.2) is 27.6 Å². The van der Waals surface area contributed by atoms with Crippen LogP contribution in [0.1, 0.15) is 18.7 Å². The average molecular weight is 369 g/mol. The van der Waals surface area contributed by atoms with Gasteiger partial charge < -0.3 is 9.47 Å². The minimum atomic E-state index is -0.485. The predicted octanol–water partition coefficient (Wildman–Crippen LogP) is 4.09. The molecule has 24 heavy (non-hydrogen) atoms. The molecule has 0 saturated carbocycles. The molecule has 1 aromatic heterocycles. The molecule has 6 nitrogen and oxygen atoms in total. The molecule has 1 unspecified atom stereocenters. The smallest absolute Gasteiger partial charge is 0.272 e. The van der Waals surface area contributed by atoms with Crippen LogP contribution < -0.4 is 4.90 Å². The number of halogens is 2. The molecule has 1 aromatic carbocycles. The van der Waals surface area contributed by atoms with Gasteiger partial charge in [0.2, 0.25) is 0 Å². The summed E-state index contributed by atoms with van der Waals surface area (Å²) < 4.78 is 2.03. The Bertz CT molecular complexity index is 739. The number of piperidine rings is 1. The minimum absolute atomic E-state index is 0.0877. The van der Waals surface area contributed by atoms with Crippen LogP contribution >= 0.6 is 23.2 Å². The van der Waals surface area contributed by atoms with Gasteiger partial charge in [0.05, 0.1) is 20.7 Å². The average Bonchev–Trinajstić information content (AvgIpc) is 2.92. The molecule has 3 rings (SSSR count). The zero-order chi connectivity index (χ0) is 17.3. The van der Waals surface area contributed by atoms with Crippen molar-refractivity contribution in [3.05, 3.63) is 50.5 Å². The van der Waals surface area contributed by atoms with Crippen molar-refractivity contribution in [2.75, 3.05) is 18.0 Å². The number of hydrogen-bond donors (Lipinski definition) is 0. The van der Waals surface area contributed by atoms with Gasteiger partial charge in [0.15, 0.2) is 0 Å². The van der Waals surface area contributed by atoms with E-state index in [0.717, 1.165) is 38.2 Å². The van der Waals surface area contributed by atoms with Gasteiger partial charge in [0.1, 0.15) is 5.82 Å². The third kappa shape index (κ3) is 3.49. The molecule has 1 fully saturated rings. The second kappa shape index (κ2) is 6.99. The highest BCUT2D eigenvalue weighted by Crippen LogP contribution is 2.39. The van der Waals surface area contributed by atoms with Crippen LogP contribution in [0.4, 0.5) is 11.4 Å². The van der Waals surface area contributed by atoms with Gasteiger partial charge in [-0.15, -0.1) is 0 Å². The maximum Gasteiger partial charge on any atom is 0.272 e. The van der Waals surface area contributed by atoms with Crippen molar-refractivity contribution < 1.29 is 4.92 Å². The first kappa shape index (κ1) is 17.0. The van der Waals surface area contributed by atoms with Gasteiger partial charge in [-0.05, 0) is 18.8 Å². The fourth-order valence-corrected chi connectivity index (χ4v) is 3.96. The van der Waals surface area contributed by atoms with E-state index in [4.69, 9.17) is 23.2 Å². The summed E-state index contributed by atoms with van der Waals surface area (Å²) in [6.07, 6.45) is 6.78. The molecule has 0 spiro atoms. The number of nitrogens with zero attached hydrogens (tertiary/aromatic N) is 4. The van der Waals surface area contributed by atoms with Crippen LogP contribution in [0, 0.1) is 16.0 Å². The van der Waals surface area contributed by atoms with Gasteiger partial charge in [-0.2, -0.15) is 0 Å². The summed E-state index contributed by atoms with van der Waals surface area (Å²) in [6.45, 7) is 1.65. The molecule has 128 valence electrons. The van der Waals surface area contributed by atoms with Crippen molar-refractivity contribution in [2.45, 2.75) is 19.3 Å². The van der Waals surface area contributed by atoms with E-state index in [1.54, 1.807) is 6.20 Å². The lowest BCUT2D eigenvalue weighted by atomic mass is 9.94. The molecule has 0 radical (unpaired) electrons. The minimum Gasteiger partial charge on any atom is -0.369 e. The van der Waals surface area contributed by atoms with E-state index in [2.05, 4.69) is 9.88 Å². The molecular formula is C16H18Cl2N4O2. The van der Waals surface area contributed by atoms with E-state index in [-0.39, 0.29) is 5.69 Å². The van der Waals surface area contributed by atoms with Gasteiger partial charge in [0, 0.05) is 51.1 Å². The first-order chi connectivity index (χ1) is 11.5. The summed E-state index contributed by atoms with van der Waals surface area (Å²) in [5, 5.41) is 11.6. The van der Waals surface area contributed by atoms with Gasteiger partial charge in [-0.3, -0.25) is 10.1 Å². The van der Waals surface area contributed by atoms with E-state index in [9.17, 15) is 10.1 Å². The van der Waals surface area contributed by atoms with Crippen LogP contribution in [0.5, 0.6) is 0 Å². The normalized spacial score (nSPS) is 18.0. The van der Waals surface area contributed by atoms with Crippen molar-refractivity contribution in [3.8, 4) is 0 Å². The number of hydrogen-bond acceptors (Lipinski definition) is 4. The van der Waals surface area contributed by atoms with Gasteiger partial charge >= 0.3 is 0 Å². The van der Waals surface area contributed by atoms with E-state index in [1.165, 1.54) is 12.1 Å². The highest BCUT2D eigenvalue weighted by atomic mass is 35.5. The van der Waals surface area contributed by atoms with E-state index in [1.807, 2.05) is 17.8 Å². The summed E-state index contributed by atoms with van der Waals surface area (Å²) in [5.74, 6) is 1.50. The SMILES string of the molecule is Cn1ccnc1CC1CCCN(c2c(Cl)cc([N+](=O)[O-])cc2Cl)C1. The zero-order valence-corrected chi connectivity index (χ0v) is 14.8. The lowest BCUT2D eigenvalue weighted by molar-refractivity contribution is -0.384. The van der Waals surface area contributed by atoms with Gasteiger partial charge in [0.25, 0.3) is 5.69 Å². The Morgan fingerprint density at radius 1 is 1.38 bits per heavy atom. The molecule has 0 aliphatic carbocycles. The van der Waals surface area contributed by atoms with E-state index < -0.39 is 4.92 Å². The zero-order valence-electron chi connectivity index (χ0n) is 13.3. The molecule has 1 aliphatic heterocycles. The fraction of sp³-hybridized carbons (Fsp3) is 0.438. The largest absolute Gasteiger partial charge is 0.369 e. The van der Waals surface area contributed by atoms with Crippen molar-refractivity contribution in [3.63, 3.8) is 0 Å². The quantitative estimate of drug-likeness (QED) is 0.601. The highest BCUT2D eigenvalue weighted by molar-refractivity contribution is 6.39. The molecule has 8 heteroatoms. The summed E-state index contributed by atoms with van der Waals surface area (Å²) >= 11 is 12.6. The topological polar surface area (TPSA) is 64.2 Å². The first-order valence-electron chi connectivity index (χ1n) is 7.80. The Morgan fingerprint density at radius 2 is 2.08 bits per heavy atom. The van der Waals surface area contributed by atoms with Crippen LogP contribution in [0.25, 0.3) is 0 Å². The number of non-ortho nitro benzene ring substituents is 1. The molecule has 2 aromatic rings. The Balaban J connectivity index is 1.80. The molecule has 1 atom stereocenters. The highest BCUT2D eigenvalue weighted by Gasteiger charge is 2.26. The Hall–Kier alpha value is -1.79. The molecule has 0 N–H and O–H groups in total. The Kier molecular flexibility index (Phi) is 4.96.